The van der Waals surface area contributed by atoms with Crippen molar-refractivity contribution in [2.75, 3.05) is 25.0 Å². The number of hydrogen-bond acceptors (Lipinski definition) is 3. The van der Waals surface area contributed by atoms with Gasteiger partial charge in [0.1, 0.15) is 0 Å². The van der Waals surface area contributed by atoms with E-state index in [0.29, 0.717) is 11.9 Å². The summed E-state index contributed by atoms with van der Waals surface area (Å²) in [7, 11) is 0. The maximum Gasteiger partial charge on any atom is 0.0763 e. The lowest BCUT2D eigenvalue weighted by atomic mass is 10.2. The number of aliphatic hydroxyl groups is 1. The number of halogens is 1. The maximum absolute atomic E-state index is 9.37. The van der Waals surface area contributed by atoms with Crippen LogP contribution >= 0.6 is 15.9 Å². The molecule has 0 aromatic rings. The van der Waals surface area contributed by atoms with Gasteiger partial charge in [-0.25, -0.2) is 0 Å². The average molecular weight is 249 g/mol. The van der Waals surface area contributed by atoms with Gasteiger partial charge in [0.2, 0.25) is 0 Å². The first-order valence-corrected chi connectivity index (χ1v) is 5.62. The van der Waals surface area contributed by atoms with E-state index in [1.54, 1.807) is 0 Å². The molecule has 0 saturated heterocycles. The van der Waals surface area contributed by atoms with Gasteiger partial charge in [0.25, 0.3) is 0 Å². The first-order valence-electron chi connectivity index (χ1n) is 4.50. The summed E-state index contributed by atoms with van der Waals surface area (Å²) in [6.07, 6.45) is -0.342. The van der Waals surface area contributed by atoms with Crippen molar-refractivity contribution in [1.82, 2.24) is 4.90 Å². The van der Waals surface area contributed by atoms with Gasteiger partial charge in [-0.05, 0) is 13.5 Å². The van der Waals surface area contributed by atoms with E-state index in [2.05, 4.69) is 26.9 Å². The number of hydrogen-bond donors (Lipinski definition) is 1. The van der Waals surface area contributed by atoms with Gasteiger partial charge in [-0.3, -0.25) is 4.90 Å². The van der Waals surface area contributed by atoms with Crippen molar-refractivity contribution in [2.45, 2.75) is 20.0 Å². The van der Waals surface area contributed by atoms with E-state index in [0.717, 1.165) is 13.1 Å². The van der Waals surface area contributed by atoms with Crippen molar-refractivity contribution in [1.29, 1.82) is 5.26 Å². The van der Waals surface area contributed by atoms with Gasteiger partial charge >= 0.3 is 0 Å². The smallest absolute Gasteiger partial charge is 0.0763 e. The SMILES string of the molecule is CCN(CC(C)C#N)CC(O)CBr. The molecule has 0 radical (unpaired) electrons. The lowest BCUT2D eigenvalue weighted by Gasteiger charge is -2.23. The normalized spacial score (nSPS) is 15.4. The summed E-state index contributed by atoms with van der Waals surface area (Å²) in [5, 5.41) is 18.6. The standard InChI is InChI=1S/C9H17BrN2O/c1-3-12(6-8(2)5-11)7-9(13)4-10/h8-9,13H,3-4,6-7H2,1-2H3. The zero-order valence-electron chi connectivity index (χ0n) is 8.20. The Morgan fingerprint density at radius 3 is 2.54 bits per heavy atom. The molecule has 0 aliphatic heterocycles. The number of aliphatic hydroxyl groups excluding tert-OH is 1. The third-order valence-corrected chi connectivity index (χ3v) is 2.59. The van der Waals surface area contributed by atoms with E-state index in [4.69, 9.17) is 5.26 Å². The minimum Gasteiger partial charge on any atom is -0.391 e. The van der Waals surface area contributed by atoms with E-state index in [1.165, 1.54) is 0 Å². The largest absolute Gasteiger partial charge is 0.391 e. The van der Waals surface area contributed by atoms with Gasteiger partial charge in [-0.15, -0.1) is 0 Å². The predicted molar refractivity (Wildman–Crippen MR) is 56.7 cm³/mol. The summed E-state index contributed by atoms with van der Waals surface area (Å²) in [6, 6.07) is 2.19. The van der Waals surface area contributed by atoms with Crippen LogP contribution in [0, 0.1) is 17.2 Å². The van der Waals surface area contributed by atoms with Crippen molar-refractivity contribution < 1.29 is 5.11 Å². The van der Waals surface area contributed by atoms with E-state index >= 15 is 0 Å². The quantitative estimate of drug-likeness (QED) is 0.720. The van der Waals surface area contributed by atoms with Gasteiger partial charge < -0.3 is 5.11 Å². The van der Waals surface area contributed by atoms with Crippen LogP contribution in [0.3, 0.4) is 0 Å². The summed E-state index contributed by atoms with van der Waals surface area (Å²) in [5.41, 5.74) is 0. The van der Waals surface area contributed by atoms with Crippen LogP contribution in [0.4, 0.5) is 0 Å². The lowest BCUT2D eigenvalue weighted by molar-refractivity contribution is 0.129. The van der Waals surface area contributed by atoms with Crippen molar-refractivity contribution in [3.05, 3.63) is 0 Å². The van der Waals surface area contributed by atoms with Crippen molar-refractivity contribution >= 4 is 15.9 Å². The van der Waals surface area contributed by atoms with Crippen molar-refractivity contribution in [3.63, 3.8) is 0 Å². The Morgan fingerprint density at radius 2 is 2.15 bits per heavy atom. The molecule has 0 rings (SSSR count). The van der Waals surface area contributed by atoms with Gasteiger partial charge in [0.15, 0.2) is 0 Å². The molecule has 13 heavy (non-hydrogen) atoms. The van der Waals surface area contributed by atoms with Gasteiger partial charge in [0, 0.05) is 18.4 Å². The van der Waals surface area contributed by atoms with Crippen LogP contribution < -0.4 is 0 Å². The van der Waals surface area contributed by atoms with Crippen LogP contribution in [0.2, 0.25) is 0 Å². The highest BCUT2D eigenvalue weighted by molar-refractivity contribution is 9.09. The topological polar surface area (TPSA) is 47.3 Å². The summed E-state index contributed by atoms with van der Waals surface area (Å²) in [6.45, 7) is 6.16. The third kappa shape index (κ3) is 6.03. The molecule has 0 amide bonds. The highest BCUT2D eigenvalue weighted by Gasteiger charge is 2.11. The molecule has 0 aliphatic rings. The molecule has 4 heteroatoms. The van der Waals surface area contributed by atoms with Crippen LogP contribution in [0.15, 0.2) is 0 Å². The van der Waals surface area contributed by atoms with E-state index < -0.39 is 0 Å². The Bertz CT molecular complexity index is 169. The predicted octanol–water partition coefficient (Wildman–Crippen LogP) is 1.22. The van der Waals surface area contributed by atoms with Crippen molar-refractivity contribution in [3.8, 4) is 6.07 Å². The summed E-state index contributed by atoms with van der Waals surface area (Å²) in [4.78, 5) is 2.08. The molecule has 0 fully saturated rings. The van der Waals surface area contributed by atoms with E-state index in [9.17, 15) is 5.11 Å². The maximum atomic E-state index is 9.37. The van der Waals surface area contributed by atoms with Crippen molar-refractivity contribution in [2.24, 2.45) is 5.92 Å². The van der Waals surface area contributed by atoms with Gasteiger partial charge in [0.05, 0.1) is 18.1 Å². The number of rotatable bonds is 6. The zero-order chi connectivity index (χ0) is 10.3. The minimum absolute atomic E-state index is 0.0301. The Hall–Kier alpha value is -0.110. The molecule has 0 spiro atoms. The number of likely N-dealkylation sites (N-methyl/N-ethyl adjacent to an activating group) is 1. The Morgan fingerprint density at radius 1 is 1.54 bits per heavy atom. The van der Waals surface area contributed by atoms with Crippen LogP contribution in [-0.4, -0.2) is 41.1 Å². The molecule has 0 aliphatic carbocycles. The number of nitriles is 1. The fourth-order valence-electron chi connectivity index (χ4n) is 1.11. The van der Waals surface area contributed by atoms with Crippen LogP contribution in [-0.2, 0) is 0 Å². The third-order valence-electron chi connectivity index (χ3n) is 1.85. The van der Waals surface area contributed by atoms with E-state index in [1.807, 2.05) is 13.8 Å². The zero-order valence-corrected chi connectivity index (χ0v) is 9.79. The first-order chi connectivity index (χ1) is 6.13. The second kappa shape index (κ2) is 7.31. The van der Waals surface area contributed by atoms with Gasteiger partial charge in [-0.2, -0.15) is 5.26 Å². The van der Waals surface area contributed by atoms with Crippen LogP contribution in [0.25, 0.3) is 0 Å². The molecule has 0 aromatic heterocycles. The molecule has 2 unspecified atom stereocenters. The monoisotopic (exact) mass is 248 g/mol. The molecular weight excluding hydrogens is 232 g/mol. The fourth-order valence-corrected chi connectivity index (χ4v) is 1.31. The fraction of sp³-hybridized carbons (Fsp3) is 0.889. The second-order valence-electron chi connectivity index (χ2n) is 3.19. The molecule has 76 valence electrons. The summed E-state index contributed by atoms with van der Waals surface area (Å²) >= 11 is 3.21. The molecule has 0 heterocycles. The Balaban J connectivity index is 3.83. The molecular formula is C9H17BrN2O. The number of nitrogens with zero attached hydrogens (tertiary/aromatic N) is 2. The second-order valence-corrected chi connectivity index (χ2v) is 3.84. The molecule has 2 atom stereocenters. The number of alkyl halides is 1. The minimum atomic E-state index is -0.342. The van der Waals surface area contributed by atoms with Crippen LogP contribution in [0.1, 0.15) is 13.8 Å². The molecule has 0 saturated carbocycles. The lowest BCUT2D eigenvalue weighted by Crippen LogP contribution is -2.35. The molecule has 0 bridgehead atoms. The molecule has 0 aromatic carbocycles. The Labute approximate surface area is 88.5 Å². The van der Waals surface area contributed by atoms with Crippen LogP contribution in [0.5, 0.6) is 0 Å². The van der Waals surface area contributed by atoms with Gasteiger partial charge in [-0.1, -0.05) is 22.9 Å². The summed E-state index contributed by atoms with van der Waals surface area (Å²) in [5.74, 6) is 0.0301. The molecule has 3 nitrogen and oxygen atoms in total. The molecule has 1 N–H and O–H groups in total. The summed E-state index contributed by atoms with van der Waals surface area (Å²) < 4.78 is 0. The van der Waals surface area contributed by atoms with E-state index in [-0.39, 0.29) is 12.0 Å². The Kier molecular flexibility index (Phi) is 7.25. The average Bonchev–Trinajstić information content (AvgIpc) is 2.16. The first kappa shape index (κ1) is 12.9. The highest BCUT2D eigenvalue weighted by atomic mass is 79.9. The highest BCUT2D eigenvalue weighted by Crippen LogP contribution is 2.01.